The molecule has 1 amide bonds. The number of amides is 1. The number of rotatable bonds is 4. The van der Waals surface area contributed by atoms with Gasteiger partial charge in [-0.05, 0) is 43.4 Å². The Morgan fingerprint density at radius 3 is 2.89 bits per heavy atom. The van der Waals surface area contributed by atoms with Gasteiger partial charge in [0, 0.05) is 17.0 Å². The van der Waals surface area contributed by atoms with Gasteiger partial charge in [0.1, 0.15) is 0 Å². The van der Waals surface area contributed by atoms with Crippen LogP contribution in [0.2, 0.25) is 5.02 Å². The smallest absolute Gasteiger partial charge is 0.223 e. The molecular weight excluding hydrogens is 260 g/mol. The third-order valence-corrected chi connectivity index (χ3v) is 4.05. The first-order valence-electron chi connectivity index (χ1n) is 6.91. The average molecular weight is 281 g/mol. The number of halogens is 1. The molecule has 0 radical (unpaired) electrons. The van der Waals surface area contributed by atoms with Crippen molar-refractivity contribution in [2.75, 3.05) is 0 Å². The molecule has 0 saturated heterocycles. The maximum absolute atomic E-state index is 12.2. The van der Waals surface area contributed by atoms with Crippen LogP contribution in [-0.2, 0) is 4.79 Å². The number of hydrogen-bond acceptors (Lipinski definition) is 2. The van der Waals surface area contributed by atoms with Gasteiger partial charge in [0.25, 0.3) is 0 Å². The fraction of sp³-hybridized carbons (Fsp3) is 0.533. The molecule has 0 bridgehead atoms. The molecule has 0 aliphatic heterocycles. The average Bonchev–Trinajstić information content (AvgIpc) is 2.82. The largest absolute Gasteiger partial charge is 0.349 e. The van der Waals surface area contributed by atoms with E-state index in [0.717, 1.165) is 31.2 Å². The lowest BCUT2D eigenvalue weighted by Crippen LogP contribution is -2.33. The van der Waals surface area contributed by atoms with E-state index in [2.05, 4.69) is 12.2 Å². The van der Waals surface area contributed by atoms with Crippen LogP contribution < -0.4 is 11.1 Å². The fourth-order valence-corrected chi connectivity index (χ4v) is 2.89. The molecule has 1 saturated carbocycles. The number of carbonyl (C=O) groups excluding carboxylic acids is 1. The number of nitrogens with one attached hydrogen (secondary N) is 1. The van der Waals surface area contributed by atoms with Gasteiger partial charge in [0.15, 0.2) is 0 Å². The molecule has 1 aliphatic carbocycles. The van der Waals surface area contributed by atoms with Crippen LogP contribution >= 0.6 is 11.6 Å². The summed E-state index contributed by atoms with van der Waals surface area (Å²) in [6.45, 7) is 2.06. The number of carbonyl (C=O) groups is 1. The van der Waals surface area contributed by atoms with E-state index in [9.17, 15) is 4.79 Å². The van der Waals surface area contributed by atoms with Crippen LogP contribution in [0.1, 0.15) is 44.2 Å². The second-order valence-corrected chi connectivity index (χ2v) is 5.73. The molecule has 1 aliphatic rings. The fourth-order valence-electron chi connectivity index (χ4n) is 2.69. The molecule has 3 atom stereocenters. The summed E-state index contributed by atoms with van der Waals surface area (Å²) in [5, 5.41) is 3.82. The highest BCUT2D eigenvalue weighted by molar-refractivity contribution is 6.30. The van der Waals surface area contributed by atoms with E-state index in [4.69, 9.17) is 17.3 Å². The molecule has 3 N–H and O–H groups in total. The van der Waals surface area contributed by atoms with Crippen molar-refractivity contribution in [2.45, 2.75) is 44.7 Å². The molecule has 1 aromatic carbocycles. The maximum atomic E-state index is 12.2. The Balaban J connectivity index is 2.01. The van der Waals surface area contributed by atoms with Crippen molar-refractivity contribution >= 4 is 17.5 Å². The third kappa shape index (κ3) is 3.71. The van der Waals surface area contributed by atoms with Crippen LogP contribution in [0, 0.1) is 5.92 Å². The molecule has 2 rings (SSSR count). The van der Waals surface area contributed by atoms with Crippen LogP contribution in [0.15, 0.2) is 24.3 Å². The normalized spacial score (nSPS) is 24.2. The van der Waals surface area contributed by atoms with E-state index in [-0.39, 0.29) is 23.9 Å². The van der Waals surface area contributed by atoms with Crippen LogP contribution in [0.5, 0.6) is 0 Å². The van der Waals surface area contributed by atoms with Gasteiger partial charge < -0.3 is 11.1 Å². The van der Waals surface area contributed by atoms with Gasteiger partial charge >= 0.3 is 0 Å². The summed E-state index contributed by atoms with van der Waals surface area (Å²) in [5.74, 6) is 0.197. The molecule has 0 aromatic heterocycles. The van der Waals surface area contributed by atoms with E-state index < -0.39 is 0 Å². The second-order valence-electron chi connectivity index (χ2n) is 5.29. The lowest BCUT2D eigenvalue weighted by atomic mass is 10.0. The van der Waals surface area contributed by atoms with Gasteiger partial charge in [0.05, 0.1) is 6.04 Å². The first-order valence-corrected chi connectivity index (χ1v) is 7.29. The molecule has 0 spiro atoms. The second kappa shape index (κ2) is 6.40. The van der Waals surface area contributed by atoms with E-state index in [0.29, 0.717) is 5.02 Å². The predicted octanol–water partition coefficient (Wildman–Crippen LogP) is 3.03. The van der Waals surface area contributed by atoms with Crippen LogP contribution in [0.3, 0.4) is 0 Å². The molecule has 104 valence electrons. The maximum Gasteiger partial charge on any atom is 0.223 e. The molecule has 4 heteroatoms. The Labute approximate surface area is 119 Å². The Morgan fingerprint density at radius 2 is 2.32 bits per heavy atom. The van der Waals surface area contributed by atoms with Crippen LogP contribution in [-0.4, -0.2) is 11.9 Å². The summed E-state index contributed by atoms with van der Waals surface area (Å²) in [5.41, 5.74) is 6.92. The van der Waals surface area contributed by atoms with Gasteiger partial charge in [-0.2, -0.15) is 0 Å². The van der Waals surface area contributed by atoms with Crippen molar-refractivity contribution in [3.05, 3.63) is 34.9 Å². The summed E-state index contributed by atoms with van der Waals surface area (Å²) in [6.07, 6.45) is 3.51. The van der Waals surface area contributed by atoms with Gasteiger partial charge in [-0.1, -0.05) is 30.7 Å². The lowest BCUT2D eigenvalue weighted by Gasteiger charge is -2.20. The van der Waals surface area contributed by atoms with Gasteiger partial charge in [-0.3, -0.25) is 4.79 Å². The monoisotopic (exact) mass is 280 g/mol. The van der Waals surface area contributed by atoms with Crippen molar-refractivity contribution in [3.8, 4) is 0 Å². The van der Waals surface area contributed by atoms with Gasteiger partial charge in [0.2, 0.25) is 5.91 Å². The molecule has 3 unspecified atom stereocenters. The highest BCUT2D eigenvalue weighted by Crippen LogP contribution is 2.26. The number of benzene rings is 1. The van der Waals surface area contributed by atoms with Crippen molar-refractivity contribution < 1.29 is 4.79 Å². The quantitative estimate of drug-likeness (QED) is 0.891. The van der Waals surface area contributed by atoms with E-state index in [1.54, 1.807) is 0 Å². The van der Waals surface area contributed by atoms with Crippen LogP contribution in [0.25, 0.3) is 0 Å². The lowest BCUT2D eigenvalue weighted by molar-refractivity contribution is -0.125. The third-order valence-electron chi connectivity index (χ3n) is 3.82. The highest BCUT2D eigenvalue weighted by Gasteiger charge is 2.28. The highest BCUT2D eigenvalue weighted by atomic mass is 35.5. The number of nitrogens with two attached hydrogens (primary N) is 1. The van der Waals surface area contributed by atoms with Crippen molar-refractivity contribution in [2.24, 2.45) is 11.7 Å². The standard InChI is InChI=1S/C15H21ClN2O/c1-2-14(10-4-3-5-12(16)8-10)18-15(19)11-6-7-13(17)9-11/h3-5,8,11,13-14H,2,6-7,9,17H2,1H3,(H,18,19). The Kier molecular flexibility index (Phi) is 4.83. The summed E-state index contributed by atoms with van der Waals surface area (Å²) in [7, 11) is 0. The Hall–Kier alpha value is -1.06. The van der Waals surface area contributed by atoms with Crippen molar-refractivity contribution in [3.63, 3.8) is 0 Å². The minimum atomic E-state index is 0.0306. The number of hydrogen-bond donors (Lipinski definition) is 2. The Bertz CT molecular complexity index is 450. The first kappa shape index (κ1) is 14.4. The molecular formula is C15H21ClN2O. The molecule has 1 fully saturated rings. The zero-order valence-corrected chi connectivity index (χ0v) is 12.0. The molecule has 0 heterocycles. The first-order chi connectivity index (χ1) is 9.10. The van der Waals surface area contributed by atoms with E-state index in [1.807, 2.05) is 24.3 Å². The topological polar surface area (TPSA) is 55.1 Å². The summed E-state index contributed by atoms with van der Waals surface area (Å²) >= 11 is 6.00. The van der Waals surface area contributed by atoms with Crippen molar-refractivity contribution in [1.29, 1.82) is 0 Å². The zero-order valence-electron chi connectivity index (χ0n) is 11.2. The summed E-state index contributed by atoms with van der Waals surface area (Å²) in [6, 6.07) is 7.88. The summed E-state index contributed by atoms with van der Waals surface area (Å²) < 4.78 is 0. The summed E-state index contributed by atoms with van der Waals surface area (Å²) in [4.78, 5) is 12.2. The van der Waals surface area contributed by atoms with E-state index in [1.165, 1.54) is 0 Å². The van der Waals surface area contributed by atoms with Gasteiger partial charge in [-0.25, -0.2) is 0 Å². The molecule has 3 nitrogen and oxygen atoms in total. The minimum absolute atomic E-state index is 0.0306. The predicted molar refractivity (Wildman–Crippen MR) is 77.9 cm³/mol. The van der Waals surface area contributed by atoms with Crippen molar-refractivity contribution in [1.82, 2.24) is 5.32 Å². The van der Waals surface area contributed by atoms with Gasteiger partial charge in [-0.15, -0.1) is 0 Å². The minimum Gasteiger partial charge on any atom is -0.349 e. The Morgan fingerprint density at radius 1 is 1.53 bits per heavy atom. The van der Waals surface area contributed by atoms with Crippen LogP contribution in [0.4, 0.5) is 0 Å². The molecule has 19 heavy (non-hydrogen) atoms. The zero-order chi connectivity index (χ0) is 13.8. The SMILES string of the molecule is CCC(NC(=O)C1CCC(N)C1)c1cccc(Cl)c1. The van der Waals surface area contributed by atoms with E-state index >= 15 is 0 Å². The molecule has 1 aromatic rings.